The molecular formula is C29H44O2. The van der Waals surface area contributed by atoms with Crippen LogP contribution in [-0.4, -0.2) is 17.0 Å². The van der Waals surface area contributed by atoms with Gasteiger partial charge in [-0.25, -0.2) is 0 Å². The Kier molecular flexibility index (Phi) is 5.17. The molecule has 4 saturated carbocycles. The minimum atomic E-state index is -0.0965. The van der Waals surface area contributed by atoms with Crippen LogP contribution in [0.25, 0.3) is 0 Å². The monoisotopic (exact) mass is 424 g/mol. The van der Waals surface area contributed by atoms with Crippen LogP contribution in [0.3, 0.4) is 0 Å². The first-order chi connectivity index (χ1) is 14.6. The van der Waals surface area contributed by atoms with Crippen molar-refractivity contribution in [2.45, 2.75) is 105 Å². The summed E-state index contributed by atoms with van der Waals surface area (Å²) in [5, 5.41) is 10.8. The third-order valence-corrected chi connectivity index (χ3v) is 11.3. The molecule has 4 fully saturated rings. The highest BCUT2D eigenvalue weighted by molar-refractivity contribution is 5.82. The number of fused-ring (bicyclic) bond motifs is 6. The summed E-state index contributed by atoms with van der Waals surface area (Å²) in [6.07, 6.45) is 16.2. The van der Waals surface area contributed by atoms with Gasteiger partial charge in [0.15, 0.2) is 0 Å². The van der Waals surface area contributed by atoms with Gasteiger partial charge < -0.3 is 5.11 Å². The first-order valence-corrected chi connectivity index (χ1v) is 13.2. The highest BCUT2D eigenvalue weighted by Crippen LogP contribution is 2.72. The first kappa shape index (κ1) is 21.9. The SMILES string of the molecule is CC(C)=CCC(=O)[C@@H](C)[C@H]1CC[C@H]2[C@@H]3CC=C4C5(CC5)[C@@H](O)CC[C@]4(C)[C@H]3CC[C@]12C. The summed E-state index contributed by atoms with van der Waals surface area (Å²) in [4.78, 5) is 13.0. The average Bonchev–Trinajstić information content (AvgIpc) is 3.44. The molecule has 0 radical (unpaired) electrons. The Morgan fingerprint density at radius 3 is 2.52 bits per heavy atom. The first-order valence-electron chi connectivity index (χ1n) is 13.2. The summed E-state index contributed by atoms with van der Waals surface area (Å²) in [7, 11) is 0. The van der Waals surface area contributed by atoms with Gasteiger partial charge in [-0.2, -0.15) is 0 Å². The third-order valence-electron chi connectivity index (χ3n) is 11.3. The smallest absolute Gasteiger partial charge is 0.139 e. The van der Waals surface area contributed by atoms with Gasteiger partial charge in [0, 0.05) is 17.8 Å². The fraction of sp³-hybridized carbons (Fsp3) is 0.828. The van der Waals surface area contributed by atoms with Gasteiger partial charge in [0.25, 0.3) is 0 Å². The molecule has 8 atom stereocenters. The summed E-state index contributed by atoms with van der Waals surface area (Å²) in [5.41, 5.74) is 3.70. The topological polar surface area (TPSA) is 37.3 Å². The molecule has 0 aromatic carbocycles. The second kappa shape index (κ2) is 7.31. The average molecular weight is 425 g/mol. The Morgan fingerprint density at radius 1 is 1.10 bits per heavy atom. The molecular weight excluding hydrogens is 380 g/mol. The molecule has 5 rings (SSSR count). The summed E-state index contributed by atoms with van der Waals surface area (Å²) in [6.45, 7) is 11.5. The van der Waals surface area contributed by atoms with Crippen molar-refractivity contribution in [2.75, 3.05) is 0 Å². The van der Waals surface area contributed by atoms with Crippen LogP contribution in [0, 0.1) is 45.8 Å². The van der Waals surface area contributed by atoms with Crippen molar-refractivity contribution in [1.29, 1.82) is 0 Å². The molecule has 1 N–H and O–H groups in total. The zero-order chi connectivity index (χ0) is 22.2. The third kappa shape index (κ3) is 3.10. The Bertz CT molecular complexity index is 813. The van der Waals surface area contributed by atoms with Gasteiger partial charge in [-0.15, -0.1) is 0 Å². The predicted molar refractivity (Wildman–Crippen MR) is 126 cm³/mol. The predicted octanol–water partition coefficient (Wildman–Crippen LogP) is 6.88. The maximum Gasteiger partial charge on any atom is 0.139 e. The molecule has 5 aliphatic carbocycles. The standard InChI is InChI=1S/C29H44O2/c1-18(2)6-10-24(30)19(3)21-8-9-22-20-7-11-25-28(5,23(20)12-14-27(21,22)4)15-13-26(31)29(25)16-17-29/h6,11,19-23,26,31H,7-10,12-17H2,1-5H3/t19-,20-,21+,22-,23-,26-,27+,28+/m0/s1. The number of aliphatic hydroxyl groups is 1. The lowest BCUT2D eigenvalue weighted by atomic mass is 9.45. The molecule has 0 saturated heterocycles. The van der Waals surface area contributed by atoms with E-state index in [1.165, 1.54) is 56.9 Å². The number of hydrogen-bond acceptors (Lipinski definition) is 2. The van der Waals surface area contributed by atoms with Crippen LogP contribution >= 0.6 is 0 Å². The molecule has 0 aromatic rings. The van der Waals surface area contributed by atoms with E-state index in [1.54, 1.807) is 5.57 Å². The van der Waals surface area contributed by atoms with Crippen LogP contribution in [0.1, 0.15) is 98.8 Å². The quantitative estimate of drug-likeness (QED) is 0.500. The number of carbonyl (C=O) groups excluding carboxylic acids is 1. The summed E-state index contributed by atoms with van der Waals surface area (Å²) >= 11 is 0. The van der Waals surface area contributed by atoms with Crippen molar-refractivity contribution in [2.24, 2.45) is 45.8 Å². The van der Waals surface area contributed by atoms with E-state index >= 15 is 0 Å². The second-order valence-corrected chi connectivity index (χ2v) is 12.8. The number of aliphatic hydroxyl groups excluding tert-OH is 1. The van der Waals surface area contributed by atoms with E-state index in [0.717, 1.165) is 24.2 Å². The Hall–Kier alpha value is -0.890. The lowest BCUT2D eigenvalue weighted by Crippen LogP contribution is -2.53. The fourth-order valence-corrected chi connectivity index (χ4v) is 9.39. The number of Topliss-reactive ketones (excluding diaryl/α,β-unsaturated/α-hetero) is 1. The lowest BCUT2D eigenvalue weighted by Gasteiger charge is -2.60. The molecule has 0 aliphatic heterocycles. The maximum atomic E-state index is 13.0. The van der Waals surface area contributed by atoms with Crippen molar-refractivity contribution in [3.05, 3.63) is 23.3 Å². The van der Waals surface area contributed by atoms with Crippen molar-refractivity contribution in [1.82, 2.24) is 0 Å². The van der Waals surface area contributed by atoms with Crippen LogP contribution in [0.4, 0.5) is 0 Å². The molecule has 0 bridgehead atoms. The molecule has 31 heavy (non-hydrogen) atoms. The molecule has 0 amide bonds. The van der Waals surface area contributed by atoms with Crippen LogP contribution in [0.15, 0.2) is 23.3 Å². The Labute approximate surface area is 190 Å². The second-order valence-electron chi connectivity index (χ2n) is 12.8. The van der Waals surface area contributed by atoms with E-state index in [4.69, 9.17) is 0 Å². The van der Waals surface area contributed by atoms with Gasteiger partial charge in [0.2, 0.25) is 0 Å². The minimum absolute atomic E-state index is 0.0965. The molecule has 0 unspecified atom stereocenters. The molecule has 5 aliphatic rings. The summed E-state index contributed by atoms with van der Waals surface area (Å²) in [5.74, 6) is 3.52. The highest BCUT2D eigenvalue weighted by atomic mass is 16.3. The van der Waals surface area contributed by atoms with Crippen LogP contribution in [0.5, 0.6) is 0 Å². The maximum absolute atomic E-state index is 13.0. The zero-order valence-electron chi connectivity index (χ0n) is 20.5. The number of allylic oxidation sites excluding steroid dienone is 3. The van der Waals surface area contributed by atoms with Crippen molar-refractivity contribution >= 4 is 5.78 Å². The summed E-state index contributed by atoms with van der Waals surface area (Å²) in [6, 6.07) is 0. The largest absolute Gasteiger partial charge is 0.392 e. The van der Waals surface area contributed by atoms with Gasteiger partial charge in [0.1, 0.15) is 5.78 Å². The van der Waals surface area contributed by atoms with Gasteiger partial charge >= 0.3 is 0 Å². The van der Waals surface area contributed by atoms with Crippen molar-refractivity contribution in [3.63, 3.8) is 0 Å². The Balaban J connectivity index is 1.39. The van der Waals surface area contributed by atoms with E-state index in [-0.39, 0.29) is 17.4 Å². The van der Waals surface area contributed by atoms with Crippen LogP contribution in [0.2, 0.25) is 0 Å². The van der Waals surface area contributed by atoms with E-state index in [2.05, 4.69) is 46.8 Å². The van der Waals surface area contributed by atoms with Crippen molar-refractivity contribution < 1.29 is 9.90 Å². The van der Waals surface area contributed by atoms with Gasteiger partial charge in [0.05, 0.1) is 6.10 Å². The lowest BCUT2D eigenvalue weighted by molar-refractivity contribution is -0.126. The van der Waals surface area contributed by atoms with E-state index in [1.807, 2.05) is 0 Å². The molecule has 2 nitrogen and oxygen atoms in total. The Morgan fingerprint density at radius 2 is 1.84 bits per heavy atom. The number of rotatable bonds is 4. The molecule has 0 aromatic heterocycles. The number of ketones is 1. The number of carbonyl (C=O) groups is 1. The van der Waals surface area contributed by atoms with Gasteiger partial charge in [-0.05, 0) is 106 Å². The van der Waals surface area contributed by atoms with E-state index in [0.29, 0.717) is 29.0 Å². The minimum Gasteiger partial charge on any atom is -0.392 e. The van der Waals surface area contributed by atoms with Crippen LogP contribution in [-0.2, 0) is 4.79 Å². The van der Waals surface area contributed by atoms with Gasteiger partial charge in [-0.3, -0.25) is 4.79 Å². The van der Waals surface area contributed by atoms with Crippen LogP contribution < -0.4 is 0 Å². The summed E-state index contributed by atoms with van der Waals surface area (Å²) < 4.78 is 0. The highest BCUT2D eigenvalue weighted by Gasteiger charge is 2.65. The van der Waals surface area contributed by atoms with E-state index in [9.17, 15) is 9.90 Å². The molecule has 2 heteroatoms. The number of hydrogen-bond donors (Lipinski definition) is 1. The van der Waals surface area contributed by atoms with E-state index < -0.39 is 0 Å². The molecule has 172 valence electrons. The van der Waals surface area contributed by atoms with Gasteiger partial charge in [-0.1, -0.05) is 44.1 Å². The molecule has 0 heterocycles. The molecule has 1 spiro atoms. The zero-order valence-corrected chi connectivity index (χ0v) is 20.5. The normalized spacial score (nSPS) is 45.7. The fourth-order valence-electron chi connectivity index (χ4n) is 9.39. The van der Waals surface area contributed by atoms with Crippen molar-refractivity contribution in [3.8, 4) is 0 Å².